The van der Waals surface area contributed by atoms with E-state index in [1.54, 1.807) is 6.07 Å². The Morgan fingerprint density at radius 2 is 1.86 bits per heavy atom. The summed E-state index contributed by atoms with van der Waals surface area (Å²) in [4.78, 5) is 0. The van der Waals surface area contributed by atoms with Crippen LogP contribution in [0.15, 0.2) is 18.2 Å². The minimum absolute atomic E-state index is 0.101. The Kier molecular flexibility index (Phi) is 3.32. The fourth-order valence-electron chi connectivity index (χ4n) is 1.41. The Labute approximate surface area is 88.1 Å². The molecule has 0 aliphatic heterocycles. The number of hydrogen-bond acceptors (Lipinski definition) is 0. The van der Waals surface area contributed by atoms with E-state index in [0.29, 0.717) is 5.92 Å². The zero-order chi connectivity index (χ0) is 10.9. The van der Waals surface area contributed by atoms with Crippen molar-refractivity contribution in [1.82, 2.24) is 0 Å². The van der Waals surface area contributed by atoms with Crippen LogP contribution in [0.5, 0.6) is 0 Å². The zero-order valence-electron chi connectivity index (χ0n) is 9.26. The van der Waals surface area contributed by atoms with Crippen LogP contribution in [0.4, 0.5) is 4.39 Å². The third-order valence-electron chi connectivity index (χ3n) is 2.35. The van der Waals surface area contributed by atoms with E-state index >= 15 is 0 Å². The molecule has 1 aromatic carbocycles. The van der Waals surface area contributed by atoms with Crippen LogP contribution < -0.4 is 0 Å². The number of hydrogen-bond donors (Lipinski definition) is 0. The first-order chi connectivity index (χ1) is 6.32. The maximum absolute atomic E-state index is 13.7. The third kappa shape index (κ3) is 2.54. The molecule has 14 heavy (non-hydrogen) atoms. The average molecular weight is 212 g/mol. The number of halogens is 1. The molecular formula is C12H18FP. The first-order valence-corrected chi connectivity index (χ1v) is 5.49. The summed E-state index contributed by atoms with van der Waals surface area (Å²) in [5.41, 5.74) is 1.81. The van der Waals surface area contributed by atoms with Crippen LogP contribution in [0, 0.1) is 5.82 Å². The van der Waals surface area contributed by atoms with Crippen LogP contribution in [-0.4, -0.2) is 0 Å². The standard InChI is InChI=1S/C12H18FP/c1-8(2)9-5-6-10(11(13)7-9)12(3,4)14/h5-8H,14H2,1-4H3. The third-order valence-corrected chi connectivity index (χ3v) is 2.66. The van der Waals surface area contributed by atoms with Gasteiger partial charge in [0, 0.05) is 5.16 Å². The maximum Gasteiger partial charge on any atom is 0.127 e. The van der Waals surface area contributed by atoms with E-state index < -0.39 is 0 Å². The highest BCUT2D eigenvalue weighted by atomic mass is 31.0. The average Bonchev–Trinajstić information content (AvgIpc) is 2.01. The Morgan fingerprint density at radius 1 is 1.29 bits per heavy atom. The molecule has 0 amide bonds. The first kappa shape index (κ1) is 11.7. The van der Waals surface area contributed by atoms with Crippen molar-refractivity contribution in [3.05, 3.63) is 35.1 Å². The lowest BCUT2D eigenvalue weighted by atomic mass is 9.96. The molecule has 0 aromatic heterocycles. The van der Waals surface area contributed by atoms with Crippen LogP contribution in [0.2, 0.25) is 0 Å². The lowest BCUT2D eigenvalue weighted by molar-refractivity contribution is 0.583. The minimum Gasteiger partial charge on any atom is -0.207 e. The monoisotopic (exact) mass is 212 g/mol. The highest BCUT2D eigenvalue weighted by Crippen LogP contribution is 2.33. The lowest BCUT2D eigenvalue weighted by Crippen LogP contribution is -2.09. The van der Waals surface area contributed by atoms with E-state index in [1.165, 1.54) is 0 Å². The fraction of sp³-hybridized carbons (Fsp3) is 0.500. The summed E-state index contributed by atoms with van der Waals surface area (Å²) in [6, 6.07) is 5.54. The van der Waals surface area contributed by atoms with Crippen LogP contribution in [0.3, 0.4) is 0 Å². The van der Waals surface area contributed by atoms with Crippen molar-refractivity contribution >= 4 is 9.24 Å². The van der Waals surface area contributed by atoms with E-state index in [-0.39, 0.29) is 11.0 Å². The number of rotatable bonds is 2. The molecule has 0 fully saturated rings. The molecule has 1 atom stereocenters. The van der Waals surface area contributed by atoms with Crippen molar-refractivity contribution in [2.45, 2.75) is 38.8 Å². The summed E-state index contributed by atoms with van der Waals surface area (Å²) >= 11 is 0. The maximum atomic E-state index is 13.7. The van der Waals surface area contributed by atoms with Crippen molar-refractivity contribution in [2.75, 3.05) is 0 Å². The summed E-state index contributed by atoms with van der Waals surface area (Å²) in [6.07, 6.45) is 0. The highest BCUT2D eigenvalue weighted by molar-refractivity contribution is 7.18. The van der Waals surface area contributed by atoms with Gasteiger partial charge in [-0.2, -0.15) is 0 Å². The summed E-state index contributed by atoms with van der Waals surface area (Å²) in [6.45, 7) is 8.12. The van der Waals surface area contributed by atoms with Gasteiger partial charge in [0.2, 0.25) is 0 Å². The molecule has 0 aliphatic carbocycles. The van der Waals surface area contributed by atoms with E-state index in [4.69, 9.17) is 0 Å². The van der Waals surface area contributed by atoms with E-state index in [1.807, 2.05) is 26.0 Å². The smallest absolute Gasteiger partial charge is 0.127 e. The molecule has 0 N–H and O–H groups in total. The van der Waals surface area contributed by atoms with Crippen molar-refractivity contribution in [1.29, 1.82) is 0 Å². The van der Waals surface area contributed by atoms with Crippen LogP contribution in [0.1, 0.15) is 44.7 Å². The molecule has 0 saturated heterocycles. The predicted molar refractivity (Wildman–Crippen MR) is 63.2 cm³/mol. The van der Waals surface area contributed by atoms with Gasteiger partial charge in [0.15, 0.2) is 0 Å². The molecule has 1 rings (SSSR count). The molecule has 78 valence electrons. The Morgan fingerprint density at radius 3 is 2.21 bits per heavy atom. The summed E-state index contributed by atoms with van der Waals surface area (Å²) in [5.74, 6) is 0.280. The van der Waals surface area contributed by atoms with Gasteiger partial charge >= 0.3 is 0 Å². The first-order valence-electron chi connectivity index (χ1n) is 4.91. The Bertz CT molecular complexity index is 324. The summed E-state index contributed by atoms with van der Waals surface area (Å²) in [7, 11) is 2.66. The van der Waals surface area contributed by atoms with Crippen molar-refractivity contribution in [3.8, 4) is 0 Å². The minimum atomic E-state index is -0.195. The zero-order valence-corrected chi connectivity index (χ0v) is 10.4. The normalized spacial score (nSPS) is 12.2. The lowest BCUT2D eigenvalue weighted by Gasteiger charge is -2.20. The largest absolute Gasteiger partial charge is 0.207 e. The Balaban J connectivity index is 3.15. The molecule has 1 aromatic rings. The van der Waals surface area contributed by atoms with Gasteiger partial charge in [-0.25, -0.2) is 4.39 Å². The predicted octanol–water partition coefficient (Wildman–Crippen LogP) is 4.06. The topological polar surface area (TPSA) is 0 Å². The second-order valence-corrected chi connectivity index (χ2v) is 6.06. The number of benzene rings is 1. The van der Waals surface area contributed by atoms with Gasteiger partial charge in [0.05, 0.1) is 0 Å². The summed E-state index contributed by atoms with van der Waals surface area (Å²) < 4.78 is 13.7. The van der Waals surface area contributed by atoms with Gasteiger partial charge in [0.25, 0.3) is 0 Å². The summed E-state index contributed by atoms with van der Waals surface area (Å²) in [5, 5.41) is -0.195. The van der Waals surface area contributed by atoms with E-state index in [9.17, 15) is 4.39 Å². The van der Waals surface area contributed by atoms with Gasteiger partial charge in [-0.05, 0) is 23.1 Å². The molecule has 0 aliphatic rings. The molecular weight excluding hydrogens is 194 g/mol. The fourth-order valence-corrected chi connectivity index (χ4v) is 1.65. The van der Waals surface area contributed by atoms with Gasteiger partial charge in [-0.15, -0.1) is 9.24 Å². The molecule has 0 bridgehead atoms. The van der Waals surface area contributed by atoms with Crippen molar-refractivity contribution < 1.29 is 4.39 Å². The van der Waals surface area contributed by atoms with Crippen LogP contribution >= 0.6 is 9.24 Å². The van der Waals surface area contributed by atoms with Crippen molar-refractivity contribution in [2.24, 2.45) is 0 Å². The molecule has 0 saturated carbocycles. The molecule has 0 heterocycles. The Hall–Kier alpha value is -0.420. The second-order valence-electron chi connectivity index (χ2n) is 4.62. The molecule has 0 spiro atoms. The molecule has 1 unspecified atom stereocenters. The SMILES string of the molecule is CC(C)c1ccc(C(C)(C)P)c(F)c1. The quantitative estimate of drug-likeness (QED) is 0.648. The van der Waals surface area contributed by atoms with Crippen LogP contribution in [0.25, 0.3) is 0 Å². The van der Waals surface area contributed by atoms with Gasteiger partial charge < -0.3 is 0 Å². The van der Waals surface area contributed by atoms with E-state index in [2.05, 4.69) is 23.1 Å². The van der Waals surface area contributed by atoms with Gasteiger partial charge in [0.1, 0.15) is 5.82 Å². The highest BCUT2D eigenvalue weighted by Gasteiger charge is 2.18. The van der Waals surface area contributed by atoms with Gasteiger partial charge in [-0.3, -0.25) is 0 Å². The second kappa shape index (κ2) is 3.98. The molecule has 2 heteroatoms. The van der Waals surface area contributed by atoms with Crippen LogP contribution in [-0.2, 0) is 5.16 Å². The van der Waals surface area contributed by atoms with Gasteiger partial charge in [-0.1, -0.05) is 39.8 Å². The molecule has 0 nitrogen and oxygen atoms in total. The molecule has 0 radical (unpaired) electrons. The van der Waals surface area contributed by atoms with E-state index in [0.717, 1.165) is 11.1 Å². The van der Waals surface area contributed by atoms with Crippen molar-refractivity contribution in [3.63, 3.8) is 0 Å².